The summed E-state index contributed by atoms with van der Waals surface area (Å²) in [5.74, 6) is -1.70. The highest BCUT2D eigenvalue weighted by molar-refractivity contribution is 6.00. The van der Waals surface area contributed by atoms with Crippen LogP contribution in [-0.2, 0) is 23.8 Å². The van der Waals surface area contributed by atoms with Crippen LogP contribution in [0.3, 0.4) is 0 Å². The molecule has 1 atom stereocenters. The van der Waals surface area contributed by atoms with E-state index >= 15 is 0 Å². The standard InChI is InChI=1S/C22H25N3O5/c1-5-30-22(27)20-17(12-28-3)24-14(2)18(21(26)29-4)19(20)15-7-6-8-16(11-15)25-10-9-23-13-25/h6-11,13,19,24H,5,12H2,1-4H3. The fourth-order valence-corrected chi connectivity index (χ4v) is 3.60. The van der Waals surface area contributed by atoms with Crippen LogP contribution in [0.4, 0.5) is 0 Å². The van der Waals surface area contributed by atoms with Crippen molar-refractivity contribution in [1.82, 2.24) is 14.9 Å². The fraction of sp³-hybridized carbons (Fsp3) is 0.318. The van der Waals surface area contributed by atoms with Crippen LogP contribution in [0.1, 0.15) is 25.3 Å². The van der Waals surface area contributed by atoms with E-state index < -0.39 is 17.9 Å². The fourth-order valence-electron chi connectivity index (χ4n) is 3.60. The molecule has 0 aliphatic carbocycles. The van der Waals surface area contributed by atoms with E-state index in [1.807, 2.05) is 35.0 Å². The van der Waals surface area contributed by atoms with Crippen molar-refractivity contribution in [2.45, 2.75) is 19.8 Å². The molecule has 0 saturated heterocycles. The van der Waals surface area contributed by atoms with E-state index in [4.69, 9.17) is 14.2 Å². The molecule has 0 fully saturated rings. The van der Waals surface area contributed by atoms with Crippen molar-refractivity contribution >= 4 is 11.9 Å². The van der Waals surface area contributed by atoms with E-state index in [0.717, 1.165) is 11.3 Å². The third kappa shape index (κ3) is 4.13. The van der Waals surface area contributed by atoms with Crippen LogP contribution in [0.2, 0.25) is 0 Å². The van der Waals surface area contributed by atoms with Gasteiger partial charge in [0.15, 0.2) is 0 Å². The van der Waals surface area contributed by atoms with E-state index in [9.17, 15) is 9.59 Å². The van der Waals surface area contributed by atoms with Gasteiger partial charge in [0.05, 0.1) is 49.4 Å². The van der Waals surface area contributed by atoms with E-state index in [1.54, 1.807) is 33.5 Å². The zero-order valence-corrected chi connectivity index (χ0v) is 17.5. The first-order valence-corrected chi connectivity index (χ1v) is 9.55. The number of hydrogen-bond donors (Lipinski definition) is 1. The van der Waals surface area contributed by atoms with E-state index in [1.165, 1.54) is 7.11 Å². The summed E-state index contributed by atoms with van der Waals surface area (Å²) in [5, 5.41) is 3.13. The molecule has 3 rings (SSSR count). The van der Waals surface area contributed by atoms with Gasteiger partial charge in [-0.25, -0.2) is 14.6 Å². The topological polar surface area (TPSA) is 91.7 Å². The van der Waals surface area contributed by atoms with Gasteiger partial charge in [-0.05, 0) is 31.5 Å². The lowest BCUT2D eigenvalue weighted by molar-refractivity contribution is -0.139. The zero-order chi connectivity index (χ0) is 21.7. The van der Waals surface area contributed by atoms with Crippen LogP contribution >= 0.6 is 0 Å². The van der Waals surface area contributed by atoms with Crippen molar-refractivity contribution in [3.8, 4) is 5.69 Å². The van der Waals surface area contributed by atoms with Gasteiger partial charge < -0.3 is 24.1 Å². The Labute approximate surface area is 175 Å². The minimum Gasteiger partial charge on any atom is -0.466 e. The number of carbonyl (C=O) groups excluding carboxylic acids is 2. The molecular formula is C22H25N3O5. The second kappa shape index (κ2) is 9.41. The number of dihydropyridines is 1. The predicted molar refractivity (Wildman–Crippen MR) is 110 cm³/mol. The number of ether oxygens (including phenoxy) is 3. The third-order valence-electron chi connectivity index (χ3n) is 4.84. The maximum absolute atomic E-state index is 13.0. The largest absolute Gasteiger partial charge is 0.466 e. The molecule has 158 valence electrons. The maximum atomic E-state index is 13.0. The lowest BCUT2D eigenvalue weighted by Gasteiger charge is -2.31. The van der Waals surface area contributed by atoms with Gasteiger partial charge in [0.2, 0.25) is 0 Å². The molecule has 0 saturated carbocycles. The van der Waals surface area contributed by atoms with E-state index in [-0.39, 0.29) is 13.2 Å². The summed E-state index contributed by atoms with van der Waals surface area (Å²) in [6, 6.07) is 7.58. The Balaban J connectivity index is 2.22. The molecule has 30 heavy (non-hydrogen) atoms. The van der Waals surface area contributed by atoms with Crippen LogP contribution in [0.15, 0.2) is 65.5 Å². The number of benzene rings is 1. The minimum absolute atomic E-state index is 0.164. The molecule has 8 nitrogen and oxygen atoms in total. The number of carbonyl (C=O) groups is 2. The van der Waals surface area contributed by atoms with Crippen molar-refractivity contribution in [3.05, 3.63) is 71.1 Å². The van der Waals surface area contributed by atoms with Gasteiger partial charge in [-0.3, -0.25) is 0 Å². The maximum Gasteiger partial charge on any atom is 0.336 e. The lowest BCUT2D eigenvalue weighted by atomic mass is 9.80. The van der Waals surface area contributed by atoms with Crippen molar-refractivity contribution < 1.29 is 23.8 Å². The number of rotatable bonds is 7. The summed E-state index contributed by atoms with van der Waals surface area (Å²) in [5.41, 5.74) is 3.43. The van der Waals surface area contributed by atoms with Gasteiger partial charge in [-0.2, -0.15) is 0 Å². The summed E-state index contributed by atoms with van der Waals surface area (Å²) < 4.78 is 17.5. The summed E-state index contributed by atoms with van der Waals surface area (Å²) in [6.45, 7) is 3.89. The van der Waals surface area contributed by atoms with E-state index in [2.05, 4.69) is 10.3 Å². The van der Waals surface area contributed by atoms with Gasteiger partial charge in [0, 0.05) is 30.9 Å². The number of allylic oxidation sites excluding steroid dienone is 1. The minimum atomic E-state index is -0.675. The summed E-state index contributed by atoms with van der Waals surface area (Å²) >= 11 is 0. The van der Waals surface area contributed by atoms with Crippen molar-refractivity contribution in [2.75, 3.05) is 27.4 Å². The quantitative estimate of drug-likeness (QED) is 0.700. The molecule has 0 amide bonds. The molecule has 1 aromatic heterocycles. The van der Waals surface area contributed by atoms with Crippen LogP contribution < -0.4 is 5.32 Å². The average molecular weight is 411 g/mol. The summed E-state index contributed by atoms with van der Waals surface area (Å²) in [6.07, 6.45) is 5.19. The third-order valence-corrected chi connectivity index (χ3v) is 4.84. The van der Waals surface area contributed by atoms with Gasteiger partial charge in [0.25, 0.3) is 0 Å². The summed E-state index contributed by atoms with van der Waals surface area (Å²) in [7, 11) is 2.86. The normalized spacial score (nSPS) is 16.3. The highest BCUT2D eigenvalue weighted by atomic mass is 16.5. The van der Waals surface area contributed by atoms with E-state index in [0.29, 0.717) is 22.5 Å². The first-order chi connectivity index (χ1) is 14.5. The van der Waals surface area contributed by atoms with Gasteiger partial charge in [0.1, 0.15) is 0 Å². The number of hydrogen-bond acceptors (Lipinski definition) is 7. The molecule has 1 aromatic carbocycles. The molecule has 2 aromatic rings. The van der Waals surface area contributed by atoms with Crippen LogP contribution in [-0.4, -0.2) is 48.9 Å². The Morgan fingerprint density at radius 2 is 2.00 bits per heavy atom. The first kappa shape index (κ1) is 21.3. The van der Waals surface area contributed by atoms with Gasteiger partial charge >= 0.3 is 11.9 Å². The SMILES string of the molecule is CCOC(=O)C1=C(COC)NC(C)=C(C(=O)OC)C1c1cccc(-n2ccnc2)c1. The van der Waals surface area contributed by atoms with Crippen molar-refractivity contribution in [2.24, 2.45) is 0 Å². The number of aromatic nitrogens is 2. The molecule has 1 aliphatic heterocycles. The molecule has 0 radical (unpaired) electrons. The van der Waals surface area contributed by atoms with Crippen molar-refractivity contribution in [1.29, 1.82) is 0 Å². The van der Waals surface area contributed by atoms with Crippen molar-refractivity contribution in [3.63, 3.8) is 0 Å². The second-order valence-corrected chi connectivity index (χ2v) is 6.70. The molecule has 1 unspecified atom stereocenters. The average Bonchev–Trinajstić information content (AvgIpc) is 3.28. The molecule has 0 spiro atoms. The summed E-state index contributed by atoms with van der Waals surface area (Å²) in [4.78, 5) is 29.8. The smallest absolute Gasteiger partial charge is 0.336 e. The van der Waals surface area contributed by atoms with Crippen LogP contribution in [0.5, 0.6) is 0 Å². The first-order valence-electron chi connectivity index (χ1n) is 9.55. The number of nitrogens with one attached hydrogen (secondary N) is 1. The molecule has 1 aliphatic rings. The van der Waals surface area contributed by atoms with Gasteiger partial charge in [-0.1, -0.05) is 12.1 Å². The predicted octanol–water partition coefficient (Wildman–Crippen LogP) is 2.47. The Hall–Kier alpha value is -3.39. The Kier molecular flexibility index (Phi) is 6.68. The molecule has 8 heteroatoms. The molecular weight excluding hydrogens is 386 g/mol. The number of methoxy groups -OCH3 is 2. The van der Waals surface area contributed by atoms with Crippen LogP contribution in [0, 0.1) is 0 Å². The van der Waals surface area contributed by atoms with Gasteiger partial charge in [-0.15, -0.1) is 0 Å². The second-order valence-electron chi connectivity index (χ2n) is 6.70. The molecule has 2 heterocycles. The molecule has 0 bridgehead atoms. The van der Waals surface area contributed by atoms with Crippen LogP contribution in [0.25, 0.3) is 5.69 Å². The monoisotopic (exact) mass is 411 g/mol. The number of nitrogens with zero attached hydrogens (tertiary/aromatic N) is 2. The number of imidazole rings is 1. The Morgan fingerprint density at radius 1 is 1.20 bits per heavy atom. The highest BCUT2D eigenvalue weighted by Gasteiger charge is 2.38. The highest BCUT2D eigenvalue weighted by Crippen LogP contribution is 2.39. The lowest BCUT2D eigenvalue weighted by Crippen LogP contribution is -2.34. The Morgan fingerprint density at radius 3 is 2.63 bits per heavy atom. The number of esters is 2. The zero-order valence-electron chi connectivity index (χ0n) is 17.5. The Bertz CT molecular complexity index is 992. The molecule has 1 N–H and O–H groups in total.